The minimum Gasteiger partial charge on any atom is -0.472 e. The van der Waals surface area contributed by atoms with E-state index in [1.165, 1.54) is 0 Å². The van der Waals surface area contributed by atoms with Crippen LogP contribution in [0.3, 0.4) is 0 Å². The Morgan fingerprint density at radius 2 is 2.37 bits per heavy atom. The number of halogens is 1. The Labute approximate surface area is 119 Å². The lowest BCUT2D eigenvalue weighted by Gasteiger charge is -2.10. The maximum absolute atomic E-state index is 12.1. The molecule has 2 N–H and O–H groups in total. The first-order chi connectivity index (χ1) is 9.20. The molecule has 5 nitrogen and oxygen atoms in total. The molecule has 2 aromatic rings. The van der Waals surface area contributed by atoms with Gasteiger partial charge in [-0.2, -0.15) is 0 Å². The fourth-order valence-corrected chi connectivity index (χ4v) is 1.92. The zero-order chi connectivity index (χ0) is 13.7. The topological polar surface area (TPSA) is 67.2 Å². The van der Waals surface area contributed by atoms with E-state index in [-0.39, 0.29) is 5.91 Å². The lowest BCUT2D eigenvalue weighted by molar-refractivity contribution is 0.0951. The Morgan fingerprint density at radius 1 is 1.53 bits per heavy atom. The highest BCUT2D eigenvalue weighted by atomic mass is 79.9. The molecule has 0 aliphatic carbocycles. The number of carbonyl (C=O) groups is 1. The van der Waals surface area contributed by atoms with Crippen LogP contribution in [0.15, 0.2) is 39.7 Å². The second-order valence-corrected chi connectivity index (χ2v) is 4.81. The van der Waals surface area contributed by atoms with Crippen LogP contribution in [-0.2, 0) is 6.54 Å². The van der Waals surface area contributed by atoms with Crippen LogP contribution >= 0.6 is 15.9 Å². The maximum Gasteiger partial charge on any atom is 0.255 e. The number of pyridine rings is 1. The maximum atomic E-state index is 12.1. The van der Waals surface area contributed by atoms with Crippen molar-refractivity contribution in [2.75, 3.05) is 11.9 Å². The number of anilines is 1. The van der Waals surface area contributed by atoms with Crippen LogP contribution in [0.5, 0.6) is 0 Å². The highest BCUT2D eigenvalue weighted by Crippen LogP contribution is 2.18. The first kappa shape index (κ1) is 13.6. The summed E-state index contributed by atoms with van der Waals surface area (Å²) < 4.78 is 5.72. The standard InChI is InChI=1S/C13H14BrN3O2/c1-2-15-12-11(5-10(14)7-16-12)13(18)17-6-9-3-4-19-8-9/h3-5,7-8H,2,6H2,1H3,(H,15,16)(H,17,18). The van der Waals surface area contributed by atoms with Crippen molar-refractivity contribution in [3.8, 4) is 0 Å². The average Bonchev–Trinajstić information content (AvgIpc) is 2.91. The quantitative estimate of drug-likeness (QED) is 0.887. The summed E-state index contributed by atoms with van der Waals surface area (Å²) in [6, 6.07) is 3.56. The van der Waals surface area contributed by atoms with Crippen LogP contribution in [0.1, 0.15) is 22.8 Å². The summed E-state index contributed by atoms with van der Waals surface area (Å²) >= 11 is 3.32. The molecular formula is C13H14BrN3O2. The Morgan fingerprint density at radius 3 is 3.05 bits per heavy atom. The summed E-state index contributed by atoms with van der Waals surface area (Å²) in [5.41, 5.74) is 1.43. The summed E-state index contributed by atoms with van der Waals surface area (Å²) in [6.07, 6.45) is 4.84. The van der Waals surface area contributed by atoms with Crippen LogP contribution in [0.4, 0.5) is 5.82 Å². The molecule has 0 radical (unpaired) electrons. The van der Waals surface area contributed by atoms with Gasteiger partial charge >= 0.3 is 0 Å². The van der Waals surface area contributed by atoms with Crippen LogP contribution < -0.4 is 10.6 Å². The summed E-state index contributed by atoms with van der Waals surface area (Å²) in [6.45, 7) is 3.08. The Bertz CT molecular complexity index is 555. The number of rotatable bonds is 5. The highest BCUT2D eigenvalue weighted by Gasteiger charge is 2.13. The highest BCUT2D eigenvalue weighted by molar-refractivity contribution is 9.10. The van der Waals surface area contributed by atoms with E-state index in [1.54, 1.807) is 24.8 Å². The third kappa shape index (κ3) is 3.57. The molecule has 0 fully saturated rings. The van der Waals surface area contributed by atoms with Gasteiger partial charge < -0.3 is 15.1 Å². The third-order valence-electron chi connectivity index (χ3n) is 2.48. The van der Waals surface area contributed by atoms with Gasteiger partial charge in [-0.15, -0.1) is 0 Å². The molecule has 1 amide bonds. The van der Waals surface area contributed by atoms with Gasteiger partial charge in [0, 0.05) is 29.3 Å². The van der Waals surface area contributed by atoms with Gasteiger partial charge in [0.05, 0.1) is 18.1 Å². The molecule has 0 aliphatic rings. The summed E-state index contributed by atoms with van der Waals surface area (Å²) in [5.74, 6) is 0.404. The summed E-state index contributed by atoms with van der Waals surface area (Å²) in [4.78, 5) is 16.3. The van der Waals surface area contributed by atoms with E-state index in [0.29, 0.717) is 24.5 Å². The molecule has 19 heavy (non-hydrogen) atoms. The predicted octanol–water partition coefficient (Wildman–Crippen LogP) is 2.80. The largest absolute Gasteiger partial charge is 0.472 e. The van der Waals surface area contributed by atoms with E-state index in [0.717, 1.165) is 10.0 Å². The van der Waals surface area contributed by atoms with Crippen molar-refractivity contribution in [3.63, 3.8) is 0 Å². The second kappa shape index (κ2) is 6.38. The molecule has 0 atom stereocenters. The van der Waals surface area contributed by atoms with Crippen LogP contribution in [0, 0.1) is 0 Å². The Kier molecular flexibility index (Phi) is 4.57. The van der Waals surface area contributed by atoms with Crippen LogP contribution in [0.25, 0.3) is 0 Å². The Hall–Kier alpha value is -1.82. The zero-order valence-electron chi connectivity index (χ0n) is 10.4. The van der Waals surface area contributed by atoms with E-state index in [2.05, 4.69) is 31.5 Å². The molecule has 0 spiro atoms. The van der Waals surface area contributed by atoms with Gasteiger partial charge in [0.2, 0.25) is 0 Å². The van der Waals surface area contributed by atoms with E-state index in [1.807, 2.05) is 13.0 Å². The van der Waals surface area contributed by atoms with Crippen molar-refractivity contribution in [1.29, 1.82) is 0 Å². The van der Waals surface area contributed by atoms with Gasteiger partial charge in [0.1, 0.15) is 5.82 Å². The van der Waals surface area contributed by atoms with Gasteiger partial charge in [0.25, 0.3) is 5.91 Å². The monoisotopic (exact) mass is 323 g/mol. The fourth-order valence-electron chi connectivity index (χ4n) is 1.59. The molecule has 2 rings (SSSR count). The molecular weight excluding hydrogens is 310 g/mol. The van der Waals surface area contributed by atoms with E-state index >= 15 is 0 Å². The zero-order valence-corrected chi connectivity index (χ0v) is 12.0. The van der Waals surface area contributed by atoms with Crippen molar-refractivity contribution >= 4 is 27.7 Å². The molecule has 0 bridgehead atoms. The second-order valence-electron chi connectivity index (χ2n) is 3.89. The van der Waals surface area contributed by atoms with Crippen molar-refractivity contribution in [1.82, 2.24) is 10.3 Å². The summed E-state index contributed by atoms with van der Waals surface area (Å²) in [7, 11) is 0. The molecule has 2 heterocycles. The number of hydrogen-bond acceptors (Lipinski definition) is 4. The number of hydrogen-bond donors (Lipinski definition) is 2. The third-order valence-corrected chi connectivity index (χ3v) is 2.91. The molecule has 0 aromatic carbocycles. The van der Waals surface area contributed by atoms with Gasteiger partial charge in [0.15, 0.2) is 0 Å². The molecule has 0 unspecified atom stereocenters. The first-order valence-corrected chi connectivity index (χ1v) is 6.68. The Balaban J connectivity index is 2.11. The van der Waals surface area contributed by atoms with E-state index < -0.39 is 0 Å². The number of furan rings is 1. The molecule has 100 valence electrons. The van der Waals surface area contributed by atoms with Gasteiger partial charge in [-0.25, -0.2) is 4.98 Å². The minimum atomic E-state index is -0.175. The van der Waals surface area contributed by atoms with Gasteiger partial charge in [-0.1, -0.05) is 0 Å². The SMILES string of the molecule is CCNc1ncc(Br)cc1C(=O)NCc1ccoc1. The molecule has 0 saturated carbocycles. The fraction of sp³-hybridized carbons (Fsp3) is 0.231. The van der Waals surface area contributed by atoms with Crippen LogP contribution in [-0.4, -0.2) is 17.4 Å². The van der Waals surface area contributed by atoms with Crippen molar-refractivity contribution < 1.29 is 9.21 Å². The normalized spacial score (nSPS) is 10.2. The lowest BCUT2D eigenvalue weighted by atomic mass is 10.2. The van der Waals surface area contributed by atoms with E-state index in [9.17, 15) is 4.79 Å². The van der Waals surface area contributed by atoms with Crippen LogP contribution in [0.2, 0.25) is 0 Å². The smallest absolute Gasteiger partial charge is 0.255 e. The molecule has 2 aromatic heterocycles. The van der Waals surface area contributed by atoms with Gasteiger partial charge in [-0.05, 0) is 35.0 Å². The number of aromatic nitrogens is 1. The minimum absolute atomic E-state index is 0.175. The molecule has 0 saturated heterocycles. The summed E-state index contributed by atoms with van der Waals surface area (Å²) in [5, 5.41) is 5.89. The predicted molar refractivity (Wildman–Crippen MR) is 76.0 cm³/mol. The number of nitrogens with zero attached hydrogens (tertiary/aromatic N) is 1. The molecule has 0 aliphatic heterocycles. The van der Waals surface area contributed by atoms with Crippen molar-refractivity contribution in [3.05, 3.63) is 46.5 Å². The molecule has 6 heteroatoms. The lowest BCUT2D eigenvalue weighted by Crippen LogP contribution is -2.24. The van der Waals surface area contributed by atoms with E-state index in [4.69, 9.17) is 4.42 Å². The number of amides is 1. The van der Waals surface area contributed by atoms with Gasteiger partial charge in [-0.3, -0.25) is 4.79 Å². The first-order valence-electron chi connectivity index (χ1n) is 5.89. The number of carbonyl (C=O) groups excluding carboxylic acids is 1. The van der Waals surface area contributed by atoms with Crippen molar-refractivity contribution in [2.24, 2.45) is 0 Å². The number of nitrogens with one attached hydrogen (secondary N) is 2. The van der Waals surface area contributed by atoms with Crippen molar-refractivity contribution in [2.45, 2.75) is 13.5 Å². The average molecular weight is 324 g/mol.